The van der Waals surface area contributed by atoms with Crippen molar-refractivity contribution in [2.45, 2.75) is 10.8 Å². The first-order valence-electron chi connectivity index (χ1n) is 7.28. The molecule has 3 rings (SSSR count). The second-order valence-electron chi connectivity index (χ2n) is 5.50. The predicted molar refractivity (Wildman–Crippen MR) is 93.9 cm³/mol. The van der Waals surface area contributed by atoms with Gasteiger partial charge in [-0.1, -0.05) is 35.3 Å². The smallest absolute Gasteiger partial charge is 0.252 e. The van der Waals surface area contributed by atoms with Crippen molar-refractivity contribution in [3.05, 3.63) is 51.3 Å². The maximum Gasteiger partial charge on any atom is 0.252 e. The Morgan fingerprint density at radius 2 is 1.91 bits per heavy atom. The van der Waals surface area contributed by atoms with E-state index < -0.39 is 10.0 Å². The maximum atomic E-state index is 12.5. The molecule has 1 N–H and O–H groups in total. The number of nitrogens with one attached hydrogen (secondary N) is 1. The van der Waals surface area contributed by atoms with E-state index in [0.717, 1.165) is 25.2 Å². The summed E-state index contributed by atoms with van der Waals surface area (Å²) in [6.07, 6.45) is 0. The Balaban J connectivity index is 1.62. The van der Waals surface area contributed by atoms with Gasteiger partial charge in [-0.2, -0.15) is 4.31 Å². The summed E-state index contributed by atoms with van der Waals surface area (Å²) in [4.78, 5) is 1.33. The lowest BCUT2D eigenvalue weighted by Gasteiger charge is -2.31. The Labute approximate surface area is 150 Å². The Morgan fingerprint density at radius 1 is 1.17 bits per heavy atom. The molecule has 1 aliphatic rings. The molecule has 4 nitrogen and oxygen atoms in total. The highest BCUT2D eigenvalue weighted by atomic mass is 35.5. The minimum absolute atomic E-state index is 0.418. The third-order valence-corrected chi connectivity index (χ3v) is 7.83. The number of benzene rings is 1. The monoisotopic (exact) mass is 391 g/mol. The van der Waals surface area contributed by atoms with Crippen LogP contribution < -0.4 is 4.90 Å². The molecule has 2 heterocycles. The SMILES string of the molecule is O=S(=O)(c1cccs1)N1CC[NH+](Cc2ccc(Cl)cc2Cl)CC1. The minimum Gasteiger partial charge on any atom is -0.329 e. The second kappa shape index (κ2) is 7.09. The van der Waals surface area contributed by atoms with E-state index in [4.69, 9.17) is 23.2 Å². The van der Waals surface area contributed by atoms with Crippen LogP contribution in [0, 0.1) is 0 Å². The molecule has 0 amide bonds. The van der Waals surface area contributed by atoms with Gasteiger partial charge in [0, 0.05) is 10.6 Å². The Kier molecular flexibility index (Phi) is 5.30. The first kappa shape index (κ1) is 17.2. The van der Waals surface area contributed by atoms with Crippen molar-refractivity contribution in [2.24, 2.45) is 0 Å². The number of piperazine rings is 1. The average molecular weight is 392 g/mol. The van der Waals surface area contributed by atoms with Gasteiger partial charge >= 0.3 is 0 Å². The van der Waals surface area contributed by atoms with Crippen LogP contribution in [-0.2, 0) is 16.6 Å². The summed E-state index contributed by atoms with van der Waals surface area (Å²) in [6, 6.07) is 8.94. The van der Waals surface area contributed by atoms with Gasteiger partial charge in [-0.3, -0.25) is 0 Å². The third kappa shape index (κ3) is 3.90. The molecule has 0 saturated carbocycles. The van der Waals surface area contributed by atoms with E-state index in [1.54, 1.807) is 27.9 Å². The molecule has 1 aromatic heterocycles. The summed E-state index contributed by atoms with van der Waals surface area (Å²) >= 11 is 13.4. The number of halogens is 2. The summed E-state index contributed by atoms with van der Waals surface area (Å²) in [5.41, 5.74) is 1.04. The summed E-state index contributed by atoms with van der Waals surface area (Å²) in [5.74, 6) is 0. The molecule has 0 unspecified atom stereocenters. The van der Waals surface area contributed by atoms with Crippen LogP contribution >= 0.6 is 34.5 Å². The lowest BCUT2D eigenvalue weighted by atomic mass is 10.2. The molecule has 2 aromatic rings. The molecule has 0 aliphatic carbocycles. The van der Waals surface area contributed by atoms with Crippen LogP contribution in [0.3, 0.4) is 0 Å². The number of thiophene rings is 1. The van der Waals surface area contributed by atoms with Crippen molar-refractivity contribution in [3.8, 4) is 0 Å². The van der Waals surface area contributed by atoms with Crippen LogP contribution in [0.2, 0.25) is 10.0 Å². The van der Waals surface area contributed by atoms with E-state index in [0.29, 0.717) is 27.3 Å². The molecule has 0 bridgehead atoms. The molecular weight excluding hydrogens is 375 g/mol. The van der Waals surface area contributed by atoms with Crippen molar-refractivity contribution >= 4 is 44.6 Å². The maximum absolute atomic E-state index is 12.5. The van der Waals surface area contributed by atoms with E-state index in [-0.39, 0.29) is 0 Å². The zero-order valence-corrected chi connectivity index (χ0v) is 15.5. The zero-order valence-electron chi connectivity index (χ0n) is 12.3. The van der Waals surface area contributed by atoms with E-state index in [1.165, 1.54) is 16.2 Å². The van der Waals surface area contributed by atoms with Gasteiger partial charge < -0.3 is 4.90 Å². The van der Waals surface area contributed by atoms with Crippen LogP contribution in [0.4, 0.5) is 0 Å². The molecule has 1 aliphatic heterocycles. The van der Waals surface area contributed by atoms with Gasteiger partial charge in [0.15, 0.2) is 0 Å². The molecule has 124 valence electrons. The van der Waals surface area contributed by atoms with Crippen molar-refractivity contribution < 1.29 is 13.3 Å². The highest BCUT2D eigenvalue weighted by molar-refractivity contribution is 7.91. The van der Waals surface area contributed by atoms with E-state index in [2.05, 4.69) is 0 Å². The summed E-state index contributed by atoms with van der Waals surface area (Å²) in [6.45, 7) is 3.37. The van der Waals surface area contributed by atoms with E-state index in [1.807, 2.05) is 12.1 Å². The van der Waals surface area contributed by atoms with Crippen LogP contribution in [0.1, 0.15) is 5.56 Å². The Hall–Kier alpha value is -0.630. The predicted octanol–water partition coefficient (Wildman–Crippen LogP) is 2.14. The molecule has 1 aromatic carbocycles. The number of hydrogen-bond acceptors (Lipinski definition) is 3. The Bertz CT molecular complexity index is 771. The fourth-order valence-corrected chi connectivity index (χ4v) is 5.75. The van der Waals surface area contributed by atoms with Gasteiger partial charge in [0.2, 0.25) is 0 Å². The standard InChI is InChI=1S/C15H16Cl2N2O2S2/c16-13-4-3-12(14(17)10-13)11-18-5-7-19(8-6-18)23(20,21)15-2-1-9-22-15/h1-4,9-10H,5-8,11H2/p+1. The first-order valence-corrected chi connectivity index (χ1v) is 10.4. The van der Waals surface area contributed by atoms with Crippen molar-refractivity contribution in [2.75, 3.05) is 26.2 Å². The largest absolute Gasteiger partial charge is 0.329 e. The van der Waals surface area contributed by atoms with Crippen LogP contribution in [-0.4, -0.2) is 38.9 Å². The lowest BCUT2D eigenvalue weighted by Crippen LogP contribution is -3.13. The van der Waals surface area contributed by atoms with Gasteiger partial charge in [0.25, 0.3) is 10.0 Å². The number of hydrogen-bond donors (Lipinski definition) is 1. The Morgan fingerprint density at radius 3 is 2.52 bits per heavy atom. The molecule has 0 atom stereocenters. The average Bonchev–Trinajstić information content (AvgIpc) is 3.06. The number of nitrogens with zero attached hydrogens (tertiary/aromatic N) is 1. The van der Waals surface area contributed by atoms with Crippen molar-refractivity contribution in [1.82, 2.24) is 4.31 Å². The minimum atomic E-state index is -3.33. The fourth-order valence-electron chi connectivity index (χ4n) is 2.69. The van der Waals surface area contributed by atoms with Crippen molar-refractivity contribution in [3.63, 3.8) is 0 Å². The van der Waals surface area contributed by atoms with Crippen LogP contribution in [0.5, 0.6) is 0 Å². The molecule has 1 fully saturated rings. The number of rotatable bonds is 4. The molecule has 8 heteroatoms. The summed E-state index contributed by atoms with van der Waals surface area (Å²) < 4.78 is 27.0. The van der Waals surface area contributed by atoms with E-state index >= 15 is 0 Å². The molecule has 1 saturated heterocycles. The van der Waals surface area contributed by atoms with Gasteiger partial charge in [-0.05, 0) is 23.6 Å². The lowest BCUT2D eigenvalue weighted by molar-refractivity contribution is -0.917. The van der Waals surface area contributed by atoms with Gasteiger partial charge in [0.05, 0.1) is 31.2 Å². The number of sulfonamides is 1. The summed E-state index contributed by atoms with van der Waals surface area (Å²) in [7, 11) is -3.33. The van der Waals surface area contributed by atoms with Crippen LogP contribution in [0.25, 0.3) is 0 Å². The van der Waals surface area contributed by atoms with E-state index in [9.17, 15) is 8.42 Å². The quantitative estimate of drug-likeness (QED) is 0.867. The molecule has 23 heavy (non-hydrogen) atoms. The first-order chi connectivity index (χ1) is 11.0. The molecular formula is C15H17Cl2N2O2S2+. The highest BCUT2D eigenvalue weighted by Gasteiger charge is 2.31. The third-order valence-electron chi connectivity index (χ3n) is 3.97. The fraction of sp³-hybridized carbons (Fsp3) is 0.333. The summed E-state index contributed by atoms with van der Waals surface area (Å²) in [5, 5.41) is 3.08. The highest BCUT2D eigenvalue weighted by Crippen LogP contribution is 2.22. The zero-order chi connectivity index (χ0) is 16.4. The molecule has 0 spiro atoms. The molecule has 0 radical (unpaired) electrons. The second-order valence-corrected chi connectivity index (χ2v) is 9.45. The van der Waals surface area contributed by atoms with Crippen LogP contribution in [0.15, 0.2) is 39.9 Å². The number of quaternary nitrogens is 1. The van der Waals surface area contributed by atoms with Gasteiger partial charge in [-0.25, -0.2) is 8.42 Å². The topological polar surface area (TPSA) is 41.8 Å². The van der Waals surface area contributed by atoms with Gasteiger partial charge in [-0.15, -0.1) is 11.3 Å². The van der Waals surface area contributed by atoms with Gasteiger partial charge in [0.1, 0.15) is 10.8 Å². The normalized spacial score (nSPS) is 17.5. The van der Waals surface area contributed by atoms with Crippen molar-refractivity contribution in [1.29, 1.82) is 0 Å².